The number of nitrogens with zero attached hydrogens (tertiary/aromatic N) is 1. The van der Waals surface area contributed by atoms with E-state index in [0.717, 1.165) is 22.8 Å². The Balaban J connectivity index is 1.84. The predicted octanol–water partition coefficient (Wildman–Crippen LogP) is 3.10. The monoisotopic (exact) mass is 492 g/mol. The second-order valence-corrected chi connectivity index (χ2v) is 8.30. The maximum atomic E-state index is 14.8. The summed E-state index contributed by atoms with van der Waals surface area (Å²) < 4.78 is 14.8. The molecule has 1 heterocycles. The van der Waals surface area contributed by atoms with E-state index in [4.69, 9.17) is 29.4 Å². The van der Waals surface area contributed by atoms with Gasteiger partial charge in [0.15, 0.2) is 0 Å². The van der Waals surface area contributed by atoms with Crippen molar-refractivity contribution >= 4 is 40.4 Å². The molecule has 2 aromatic carbocycles. The maximum absolute atomic E-state index is 14.8. The lowest BCUT2D eigenvalue weighted by atomic mass is 10.0. The van der Waals surface area contributed by atoms with E-state index in [0.29, 0.717) is 5.70 Å². The fourth-order valence-corrected chi connectivity index (χ4v) is 3.69. The molecule has 10 heteroatoms. The van der Waals surface area contributed by atoms with Gasteiger partial charge in [0, 0.05) is 24.5 Å². The lowest BCUT2D eigenvalue weighted by Gasteiger charge is -2.19. The minimum Gasteiger partial charge on any atom is -0.402 e. The summed E-state index contributed by atoms with van der Waals surface area (Å²) in [6.07, 6.45) is 5.09. The van der Waals surface area contributed by atoms with Crippen LogP contribution in [0.3, 0.4) is 0 Å². The van der Waals surface area contributed by atoms with Crippen LogP contribution in [0.5, 0.6) is 0 Å². The number of hydrogen-bond donors (Lipinski definition) is 5. The number of rotatable bonds is 9. The molecular weight excluding hydrogens is 467 g/mol. The summed E-state index contributed by atoms with van der Waals surface area (Å²) in [6, 6.07) is 12.7. The zero-order chi connectivity index (χ0) is 25.5. The molecule has 1 atom stereocenters. The Hall–Kier alpha value is -4.31. The molecule has 0 bridgehead atoms. The van der Waals surface area contributed by atoms with Crippen molar-refractivity contribution in [3.05, 3.63) is 89.6 Å². The van der Waals surface area contributed by atoms with Gasteiger partial charge in [-0.15, -0.1) is 0 Å². The van der Waals surface area contributed by atoms with Gasteiger partial charge in [0.25, 0.3) is 5.91 Å². The second-order valence-electron chi connectivity index (χ2n) is 7.86. The molecule has 0 fully saturated rings. The van der Waals surface area contributed by atoms with Crippen molar-refractivity contribution in [2.45, 2.75) is 19.4 Å². The number of allylic oxidation sites excluding steroid dienone is 1. The van der Waals surface area contributed by atoms with E-state index in [9.17, 15) is 14.0 Å². The molecule has 35 heavy (non-hydrogen) atoms. The highest BCUT2D eigenvalue weighted by Crippen LogP contribution is 2.26. The van der Waals surface area contributed by atoms with Crippen molar-refractivity contribution in [2.24, 2.45) is 17.2 Å². The zero-order valence-electron chi connectivity index (χ0n) is 18.9. The van der Waals surface area contributed by atoms with E-state index in [2.05, 4.69) is 15.6 Å². The van der Waals surface area contributed by atoms with Crippen LogP contribution in [0.1, 0.15) is 22.8 Å². The highest BCUT2D eigenvalue weighted by atomic mass is 32.1. The molecule has 8 N–H and O–H groups in total. The van der Waals surface area contributed by atoms with Crippen LogP contribution in [0.2, 0.25) is 0 Å². The first kappa shape index (κ1) is 25.3. The number of pyridine rings is 1. The molecule has 3 aromatic rings. The van der Waals surface area contributed by atoms with Gasteiger partial charge in [0.2, 0.25) is 5.91 Å². The summed E-state index contributed by atoms with van der Waals surface area (Å²) in [7, 11) is 0. The van der Waals surface area contributed by atoms with Gasteiger partial charge in [-0.05, 0) is 54.0 Å². The van der Waals surface area contributed by atoms with E-state index in [1.54, 1.807) is 19.3 Å². The van der Waals surface area contributed by atoms with Crippen LogP contribution >= 0.6 is 12.2 Å². The van der Waals surface area contributed by atoms with Crippen LogP contribution in [0.15, 0.2) is 72.7 Å². The Morgan fingerprint density at radius 2 is 1.66 bits per heavy atom. The Morgan fingerprint density at radius 1 is 1.03 bits per heavy atom. The van der Waals surface area contributed by atoms with Crippen molar-refractivity contribution in [1.82, 2.24) is 4.98 Å². The molecule has 0 spiro atoms. The van der Waals surface area contributed by atoms with Crippen LogP contribution < -0.4 is 27.8 Å². The number of anilines is 2. The Morgan fingerprint density at radius 3 is 2.23 bits per heavy atom. The number of primary amides is 2. The number of amides is 2. The van der Waals surface area contributed by atoms with Crippen molar-refractivity contribution in [3.8, 4) is 11.1 Å². The molecule has 180 valence electrons. The van der Waals surface area contributed by atoms with Gasteiger partial charge >= 0.3 is 0 Å². The largest absolute Gasteiger partial charge is 0.402 e. The van der Waals surface area contributed by atoms with Crippen LogP contribution in [0.4, 0.5) is 15.8 Å². The number of thiocarbonyl (C=S) groups is 1. The van der Waals surface area contributed by atoms with Crippen molar-refractivity contribution < 1.29 is 14.0 Å². The maximum Gasteiger partial charge on any atom is 0.250 e. The van der Waals surface area contributed by atoms with Gasteiger partial charge in [0.05, 0.1) is 16.9 Å². The number of nitrogens with two attached hydrogens (primary N) is 3. The number of carbonyl (C=O) groups excluding carboxylic acids is 2. The fraction of sp³-hybridized carbons (Fsp3) is 0.120. The molecule has 8 nitrogen and oxygen atoms in total. The minimum atomic E-state index is -0.929. The number of nitrogens with one attached hydrogen (secondary N) is 2. The summed E-state index contributed by atoms with van der Waals surface area (Å²) in [5.74, 6) is -2.30. The summed E-state index contributed by atoms with van der Waals surface area (Å²) in [5, 5.41) is 5.64. The van der Waals surface area contributed by atoms with Crippen LogP contribution in [-0.2, 0) is 11.2 Å². The average molecular weight is 493 g/mol. The third-order valence-electron chi connectivity index (χ3n) is 5.07. The van der Waals surface area contributed by atoms with Crippen LogP contribution in [0, 0.1) is 5.82 Å². The fourth-order valence-electron chi connectivity index (χ4n) is 3.39. The molecule has 0 radical (unpaired) electrons. The molecule has 3 rings (SSSR count). The molecule has 0 aliphatic rings. The van der Waals surface area contributed by atoms with E-state index < -0.39 is 23.7 Å². The highest BCUT2D eigenvalue weighted by molar-refractivity contribution is 7.81. The van der Waals surface area contributed by atoms with Crippen molar-refractivity contribution in [3.63, 3.8) is 0 Å². The SMILES string of the molecule is CC(N)=CC(=S)Nc1cc(NC(Cc2ccc(-c3ccncc3)cc2)C(N)=O)c(F)cc1C(N)=O. The number of halogens is 1. The third kappa shape index (κ3) is 6.84. The smallest absolute Gasteiger partial charge is 0.250 e. The Labute approximate surface area is 207 Å². The van der Waals surface area contributed by atoms with Crippen LogP contribution in [-0.4, -0.2) is 27.8 Å². The molecule has 1 aromatic heterocycles. The first-order valence-corrected chi connectivity index (χ1v) is 11.0. The molecule has 0 aliphatic carbocycles. The molecule has 0 saturated carbocycles. The Kier molecular flexibility index (Phi) is 8.11. The van der Waals surface area contributed by atoms with E-state index in [-0.39, 0.29) is 28.3 Å². The minimum absolute atomic E-state index is 0.0500. The third-order valence-corrected chi connectivity index (χ3v) is 5.29. The van der Waals surface area contributed by atoms with Gasteiger partial charge in [-0.1, -0.05) is 36.5 Å². The highest BCUT2D eigenvalue weighted by Gasteiger charge is 2.20. The van der Waals surface area contributed by atoms with Crippen LogP contribution in [0.25, 0.3) is 11.1 Å². The van der Waals surface area contributed by atoms with Gasteiger partial charge in [0.1, 0.15) is 16.8 Å². The molecular formula is C25H25FN6O2S. The number of benzene rings is 2. The first-order chi connectivity index (χ1) is 16.6. The second kappa shape index (κ2) is 11.2. The quantitative estimate of drug-likeness (QED) is 0.228. The normalized spacial score (nSPS) is 12.0. The average Bonchev–Trinajstić information content (AvgIpc) is 2.80. The summed E-state index contributed by atoms with van der Waals surface area (Å²) >= 11 is 5.19. The predicted molar refractivity (Wildman–Crippen MR) is 139 cm³/mol. The summed E-state index contributed by atoms with van der Waals surface area (Å²) in [5.41, 5.74) is 19.9. The van der Waals surface area contributed by atoms with Crippen molar-refractivity contribution in [1.29, 1.82) is 0 Å². The first-order valence-electron chi connectivity index (χ1n) is 10.6. The summed E-state index contributed by atoms with van der Waals surface area (Å²) in [6.45, 7) is 1.64. The number of hydrogen-bond acceptors (Lipinski definition) is 6. The van der Waals surface area contributed by atoms with E-state index >= 15 is 0 Å². The number of carbonyl (C=O) groups is 2. The lowest BCUT2D eigenvalue weighted by molar-refractivity contribution is -0.118. The Bertz CT molecular complexity index is 1280. The zero-order valence-corrected chi connectivity index (χ0v) is 19.7. The van der Waals surface area contributed by atoms with E-state index in [1.807, 2.05) is 36.4 Å². The lowest BCUT2D eigenvalue weighted by Crippen LogP contribution is -2.37. The van der Waals surface area contributed by atoms with Gasteiger partial charge < -0.3 is 27.8 Å². The van der Waals surface area contributed by atoms with Gasteiger partial charge in [-0.25, -0.2) is 4.39 Å². The molecule has 0 saturated heterocycles. The molecule has 1 unspecified atom stereocenters. The number of aromatic nitrogens is 1. The van der Waals surface area contributed by atoms with Gasteiger partial charge in [-0.3, -0.25) is 14.6 Å². The molecule has 2 amide bonds. The summed E-state index contributed by atoms with van der Waals surface area (Å²) in [4.78, 5) is 28.2. The topological polar surface area (TPSA) is 149 Å². The van der Waals surface area contributed by atoms with E-state index in [1.165, 1.54) is 12.1 Å². The molecule has 0 aliphatic heterocycles. The standard InChI is InChI=1S/C25H25FN6O2S/c1-14(27)10-23(35)32-20-13-21(19(26)12-18(20)24(28)33)31-22(25(29)34)11-15-2-4-16(5-3-15)17-6-8-30-9-7-17/h2-10,12-13,22,31H,11,27H2,1H3,(H2,28,33)(H2,29,34)(H,32,35). The van der Waals surface area contributed by atoms with Crippen molar-refractivity contribution in [2.75, 3.05) is 10.6 Å². The van der Waals surface area contributed by atoms with Gasteiger partial charge in [-0.2, -0.15) is 0 Å².